The minimum atomic E-state index is -3.31. The van der Waals surface area contributed by atoms with Crippen LogP contribution in [0.1, 0.15) is 0 Å². The van der Waals surface area contributed by atoms with E-state index in [1.807, 2.05) is 0 Å². The van der Waals surface area contributed by atoms with Crippen LogP contribution in [0.5, 0.6) is 0 Å². The van der Waals surface area contributed by atoms with Gasteiger partial charge in [0.05, 0.1) is 0 Å². The topological polar surface area (TPSA) is 0 Å². The zero-order valence-corrected chi connectivity index (χ0v) is 8.24. The minimum Gasteiger partial charge on any atom is -0.209 e. The monoisotopic (exact) mass is 368 g/mol. The molecular weight excluding hydrogens is 366 g/mol. The molecule has 0 spiro atoms. The summed E-state index contributed by atoms with van der Waals surface area (Å²) in [6.45, 7) is 0. The molecule has 6 heteroatoms. The maximum absolute atomic E-state index is 11.9. The van der Waals surface area contributed by atoms with Crippen molar-refractivity contribution in [2.75, 3.05) is 0 Å². The number of halogens is 6. The van der Waals surface area contributed by atoms with Crippen LogP contribution in [-0.2, 0) is 0 Å². The molecule has 1 atom stereocenters. The standard InChI is InChI=1S/C3H2F4I2/c4-2(5)1(8)3(6,7)9/h1-2H. The van der Waals surface area contributed by atoms with Crippen LogP contribution in [-0.4, -0.2) is 14.3 Å². The fourth-order valence-corrected chi connectivity index (χ4v) is 0.415. The predicted molar refractivity (Wildman–Crippen MR) is 42.8 cm³/mol. The number of hydrogen-bond donors (Lipinski definition) is 0. The first-order chi connectivity index (χ1) is 3.85. The first-order valence-electron chi connectivity index (χ1n) is 1.84. The summed E-state index contributed by atoms with van der Waals surface area (Å²) in [5, 5.41) is 0. The van der Waals surface area contributed by atoms with E-state index in [-0.39, 0.29) is 0 Å². The van der Waals surface area contributed by atoms with Gasteiger partial charge < -0.3 is 0 Å². The van der Waals surface area contributed by atoms with Crippen LogP contribution >= 0.6 is 45.2 Å². The summed E-state index contributed by atoms with van der Waals surface area (Å²) < 4.78 is 41.4. The van der Waals surface area contributed by atoms with Gasteiger partial charge in [0.25, 0.3) is 6.43 Å². The molecule has 0 saturated heterocycles. The van der Waals surface area contributed by atoms with Crippen molar-refractivity contribution in [2.24, 2.45) is 0 Å². The third-order valence-corrected chi connectivity index (χ3v) is 3.72. The lowest BCUT2D eigenvalue weighted by Gasteiger charge is -2.13. The van der Waals surface area contributed by atoms with Crippen molar-refractivity contribution in [2.45, 2.75) is 14.3 Å². The highest BCUT2D eigenvalue weighted by Crippen LogP contribution is 2.35. The van der Waals surface area contributed by atoms with Gasteiger partial charge in [-0.1, -0.05) is 22.6 Å². The molecule has 9 heavy (non-hydrogen) atoms. The number of rotatable bonds is 2. The summed E-state index contributed by atoms with van der Waals surface area (Å²) >= 11 is 1.73. The van der Waals surface area contributed by atoms with Gasteiger partial charge in [-0.2, -0.15) is 8.78 Å². The molecule has 0 aliphatic rings. The van der Waals surface area contributed by atoms with Crippen LogP contribution in [0, 0.1) is 0 Å². The molecule has 0 aromatic heterocycles. The average molecular weight is 368 g/mol. The van der Waals surface area contributed by atoms with E-state index in [0.29, 0.717) is 22.6 Å². The molecule has 0 aliphatic heterocycles. The molecule has 0 fully saturated rings. The van der Waals surface area contributed by atoms with Crippen molar-refractivity contribution in [1.82, 2.24) is 0 Å². The third kappa shape index (κ3) is 3.79. The molecule has 0 heterocycles. The summed E-state index contributed by atoms with van der Waals surface area (Å²) in [4.78, 5) is 0. The maximum Gasteiger partial charge on any atom is 0.313 e. The Kier molecular flexibility index (Phi) is 4.00. The fourth-order valence-electron chi connectivity index (χ4n) is 0.143. The molecule has 0 N–H and O–H groups in total. The summed E-state index contributed by atoms with van der Waals surface area (Å²) in [5.74, 6) is 0. The summed E-state index contributed by atoms with van der Waals surface area (Å²) in [6, 6.07) is 0. The Morgan fingerprint density at radius 2 is 1.56 bits per heavy atom. The Labute approximate surface area is 76.7 Å². The lowest BCUT2D eigenvalue weighted by atomic mass is 10.5. The number of hydrogen-bond acceptors (Lipinski definition) is 0. The summed E-state index contributed by atoms with van der Waals surface area (Å²) in [5.41, 5.74) is 0. The van der Waals surface area contributed by atoms with Crippen LogP contribution in [0.2, 0.25) is 0 Å². The van der Waals surface area contributed by atoms with E-state index in [9.17, 15) is 17.6 Å². The predicted octanol–water partition coefficient (Wildman–Crippen LogP) is 3.08. The second kappa shape index (κ2) is 3.54. The number of alkyl halides is 6. The van der Waals surface area contributed by atoms with E-state index < -0.39 is 14.3 Å². The molecule has 0 radical (unpaired) electrons. The molecule has 0 saturated carbocycles. The molecule has 0 nitrogen and oxygen atoms in total. The van der Waals surface area contributed by atoms with E-state index in [2.05, 4.69) is 0 Å². The quantitative estimate of drug-likeness (QED) is 0.400. The van der Waals surface area contributed by atoms with Crippen LogP contribution in [0.3, 0.4) is 0 Å². The maximum atomic E-state index is 11.9. The smallest absolute Gasteiger partial charge is 0.209 e. The SMILES string of the molecule is FC(F)C(I)C(F)(F)I. The summed E-state index contributed by atoms with van der Waals surface area (Å²) in [6.07, 6.45) is -2.96. The van der Waals surface area contributed by atoms with Crippen molar-refractivity contribution in [3.05, 3.63) is 0 Å². The molecule has 0 rings (SSSR count). The lowest BCUT2D eigenvalue weighted by Crippen LogP contribution is -2.27. The fraction of sp³-hybridized carbons (Fsp3) is 1.00. The summed E-state index contributed by atoms with van der Waals surface area (Å²) in [7, 11) is 0. The van der Waals surface area contributed by atoms with Gasteiger partial charge in [-0.05, 0) is 22.6 Å². The minimum absolute atomic E-state index is 0.697. The molecule has 0 aromatic carbocycles. The van der Waals surface area contributed by atoms with Gasteiger partial charge in [-0.25, -0.2) is 8.78 Å². The largest absolute Gasteiger partial charge is 0.313 e. The molecule has 0 bridgehead atoms. The zero-order chi connectivity index (χ0) is 7.65. The Bertz CT molecular complexity index is 88.3. The Balaban J connectivity index is 3.88. The molecular formula is C3H2F4I2. The van der Waals surface area contributed by atoms with Gasteiger partial charge in [0.2, 0.25) is 0 Å². The first-order valence-corrected chi connectivity index (χ1v) is 4.17. The second-order valence-electron chi connectivity index (χ2n) is 1.28. The van der Waals surface area contributed by atoms with Crippen LogP contribution < -0.4 is 0 Å². The Morgan fingerprint density at radius 1 is 1.22 bits per heavy atom. The normalized spacial score (nSPS) is 16.3. The van der Waals surface area contributed by atoms with Gasteiger partial charge in [0.1, 0.15) is 3.92 Å². The lowest BCUT2D eigenvalue weighted by molar-refractivity contribution is 0.0475. The highest BCUT2D eigenvalue weighted by atomic mass is 127. The van der Waals surface area contributed by atoms with E-state index in [1.165, 1.54) is 0 Å². The molecule has 0 aliphatic carbocycles. The van der Waals surface area contributed by atoms with Crippen LogP contribution in [0.25, 0.3) is 0 Å². The van der Waals surface area contributed by atoms with Gasteiger partial charge in [-0.15, -0.1) is 0 Å². The van der Waals surface area contributed by atoms with Crippen molar-refractivity contribution < 1.29 is 17.6 Å². The van der Waals surface area contributed by atoms with Crippen molar-refractivity contribution >= 4 is 45.2 Å². The molecule has 56 valence electrons. The third-order valence-electron chi connectivity index (χ3n) is 0.534. The van der Waals surface area contributed by atoms with E-state index in [4.69, 9.17) is 0 Å². The van der Waals surface area contributed by atoms with Crippen molar-refractivity contribution in [1.29, 1.82) is 0 Å². The first kappa shape index (κ1) is 10.2. The van der Waals surface area contributed by atoms with E-state index >= 15 is 0 Å². The van der Waals surface area contributed by atoms with Gasteiger partial charge in [0, 0.05) is 0 Å². The van der Waals surface area contributed by atoms with Gasteiger partial charge in [0.15, 0.2) is 0 Å². The Hall–Kier alpha value is 1.18. The van der Waals surface area contributed by atoms with E-state index in [0.717, 1.165) is 22.6 Å². The Morgan fingerprint density at radius 3 is 1.56 bits per heavy atom. The van der Waals surface area contributed by atoms with Crippen LogP contribution in [0.4, 0.5) is 17.6 Å². The highest BCUT2D eigenvalue weighted by molar-refractivity contribution is 14.1. The van der Waals surface area contributed by atoms with Crippen molar-refractivity contribution in [3.63, 3.8) is 0 Å². The van der Waals surface area contributed by atoms with Gasteiger partial charge in [-0.3, -0.25) is 0 Å². The average Bonchev–Trinajstić information content (AvgIpc) is 1.62. The second-order valence-corrected chi connectivity index (χ2v) is 4.06. The molecule has 1 unspecified atom stereocenters. The van der Waals surface area contributed by atoms with E-state index in [1.54, 1.807) is 0 Å². The van der Waals surface area contributed by atoms with Crippen LogP contribution in [0.15, 0.2) is 0 Å². The van der Waals surface area contributed by atoms with Gasteiger partial charge >= 0.3 is 3.93 Å². The molecule has 0 amide bonds. The zero-order valence-electron chi connectivity index (χ0n) is 3.92. The molecule has 0 aromatic rings. The van der Waals surface area contributed by atoms with Crippen molar-refractivity contribution in [3.8, 4) is 0 Å². The highest BCUT2D eigenvalue weighted by Gasteiger charge is 2.40.